The highest BCUT2D eigenvalue weighted by molar-refractivity contribution is 7.87. The first-order valence-corrected chi connectivity index (χ1v) is 9.52. The molecule has 8 nitrogen and oxygen atoms in total. The van der Waals surface area contributed by atoms with Gasteiger partial charge in [-0.15, -0.1) is 0 Å². The zero-order valence-corrected chi connectivity index (χ0v) is 15.4. The van der Waals surface area contributed by atoms with Gasteiger partial charge in [0.05, 0.1) is 0 Å². The van der Waals surface area contributed by atoms with Gasteiger partial charge in [-0.3, -0.25) is 0 Å². The van der Waals surface area contributed by atoms with E-state index < -0.39 is 10.2 Å². The van der Waals surface area contributed by atoms with Gasteiger partial charge in [-0.2, -0.15) is 13.5 Å². The van der Waals surface area contributed by atoms with E-state index in [1.807, 2.05) is 26.8 Å². The number of nitrogens with two attached hydrogens (primary N) is 1. The van der Waals surface area contributed by atoms with Crippen LogP contribution in [0.1, 0.15) is 19.4 Å². The van der Waals surface area contributed by atoms with Crippen LogP contribution in [0.5, 0.6) is 0 Å². The molecule has 0 radical (unpaired) electrons. The summed E-state index contributed by atoms with van der Waals surface area (Å²) in [4.78, 5) is 6.57. The summed E-state index contributed by atoms with van der Waals surface area (Å²) in [7, 11) is -3.67. The van der Waals surface area contributed by atoms with E-state index in [4.69, 9.17) is 16.7 Å². The first-order chi connectivity index (χ1) is 11.1. The van der Waals surface area contributed by atoms with Crippen molar-refractivity contribution in [3.63, 3.8) is 0 Å². The number of hydrogen-bond acceptors (Lipinski definition) is 5. The Morgan fingerprint density at radius 2 is 2.12 bits per heavy atom. The Morgan fingerprint density at radius 1 is 1.46 bits per heavy atom. The summed E-state index contributed by atoms with van der Waals surface area (Å²) < 4.78 is 26.3. The smallest absolute Gasteiger partial charge is 0.274 e. The van der Waals surface area contributed by atoms with E-state index in [1.165, 1.54) is 6.33 Å². The normalized spacial score (nSPS) is 16.6. The largest absolute Gasteiger partial charge is 0.354 e. The Labute approximate surface area is 146 Å². The minimum Gasteiger partial charge on any atom is -0.354 e. The summed E-state index contributed by atoms with van der Waals surface area (Å²) in [5.74, 6) is 1.17. The van der Waals surface area contributed by atoms with Gasteiger partial charge in [-0.25, -0.2) is 19.4 Å². The molecule has 1 fully saturated rings. The molecular weight excluding hydrogens is 352 g/mol. The van der Waals surface area contributed by atoms with Crippen molar-refractivity contribution in [2.75, 3.05) is 24.5 Å². The van der Waals surface area contributed by atoms with Crippen LogP contribution in [0.4, 0.5) is 5.82 Å². The number of fused-ring (bicyclic) bond motifs is 1. The molecule has 0 atom stereocenters. The highest BCUT2D eigenvalue weighted by Crippen LogP contribution is 2.38. The molecule has 1 aliphatic rings. The van der Waals surface area contributed by atoms with Crippen LogP contribution in [0.25, 0.3) is 5.52 Å². The maximum atomic E-state index is 11.1. The standard InChI is InChI=1S/C14H21ClN6O2S/c1-9-4-11(15)21-12(9)13(17-8-18-21)20-5-10(6-20)14(2,3)7-19-24(16,22)23/h4,8,10,19H,5-7H2,1-3H3,(H2,16,22,23). The molecule has 1 aliphatic heterocycles. The molecule has 10 heteroatoms. The van der Waals surface area contributed by atoms with Crippen molar-refractivity contribution >= 4 is 33.1 Å². The fourth-order valence-electron chi connectivity index (χ4n) is 2.97. The number of rotatable bonds is 5. The number of hydrogen-bond donors (Lipinski definition) is 2. The Morgan fingerprint density at radius 3 is 2.75 bits per heavy atom. The highest BCUT2D eigenvalue weighted by atomic mass is 35.5. The lowest BCUT2D eigenvalue weighted by Gasteiger charge is -2.48. The van der Waals surface area contributed by atoms with Gasteiger partial charge in [0.2, 0.25) is 0 Å². The molecule has 132 valence electrons. The van der Waals surface area contributed by atoms with Crippen molar-refractivity contribution in [2.45, 2.75) is 20.8 Å². The molecule has 0 saturated carbocycles. The van der Waals surface area contributed by atoms with Gasteiger partial charge in [-0.05, 0) is 24.0 Å². The number of anilines is 1. The lowest BCUT2D eigenvalue weighted by Crippen LogP contribution is -2.56. The second-order valence-electron chi connectivity index (χ2n) is 6.95. The average Bonchev–Trinajstić information content (AvgIpc) is 2.70. The lowest BCUT2D eigenvalue weighted by atomic mass is 9.74. The van der Waals surface area contributed by atoms with Gasteiger partial charge in [0.15, 0.2) is 5.82 Å². The van der Waals surface area contributed by atoms with Crippen LogP contribution in [-0.2, 0) is 10.2 Å². The predicted molar refractivity (Wildman–Crippen MR) is 93.3 cm³/mol. The van der Waals surface area contributed by atoms with E-state index in [1.54, 1.807) is 4.52 Å². The minimum absolute atomic E-state index is 0.207. The maximum Gasteiger partial charge on any atom is 0.274 e. The number of nitrogens with one attached hydrogen (secondary N) is 1. The number of nitrogens with zero attached hydrogens (tertiary/aromatic N) is 4. The van der Waals surface area contributed by atoms with E-state index in [2.05, 4.69) is 19.7 Å². The summed E-state index contributed by atoms with van der Waals surface area (Å²) in [5, 5.41) is 9.76. The van der Waals surface area contributed by atoms with Crippen molar-refractivity contribution in [2.24, 2.45) is 16.5 Å². The van der Waals surface area contributed by atoms with E-state index >= 15 is 0 Å². The fraction of sp³-hybridized carbons (Fsp3) is 0.571. The monoisotopic (exact) mass is 372 g/mol. The van der Waals surface area contributed by atoms with Crippen LogP contribution in [0.2, 0.25) is 5.15 Å². The Balaban J connectivity index is 1.75. The molecule has 0 unspecified atom stereocenters. The number of halogens is 1. The van der Waals surface area contributed by atoms with Crippen LogP contribution in [0.3, 0.4) is 0 Å². The van der Waals surface area contributed by atoms with Crippen molar-refractivity contribution in [1.29, 1.82) is 0 Å². The predicted octanol–water partition coefficient (Wildman–Crippen LogP) is 0.947. The van der Waals surface area contributed by atoms with E-state index in [0.29, 0.717) is 17.6 Å². The molecule has 0 spiro atoms. The van der Waals surface area contributed by atoms with Crippen molar-refractivity contribution in [3.05, 3.63) is 23.1 Å². The SMILES string of the molecule is Cc1cc(Cl)n2ncnc(N3CC(C(C)(C)CNS(N)(=O)=O)C3)c12. The molecule has 3 heterocycles. The zero-order valence-electron chi connectivity index (χ0n) is 13.8. The molecule has 1 saturated heterocycles. The molecule has 0 aliphatic carbocycles. The molecule has 0 bridgehead atoms. The van der Waals surface area contributed by atoms with Crippen LogP contribution < -0.4 is 14.8 Å². The van der Waals surface area contributed by atoms with Crippen molar-refractivity contribution in [3.8, 4) is 0 Å². The fourth-order valence-corrected chi connectivity index (χ4v) is 3.83. The molecular formula is C14H21ClN6O2S. The van der Waals surface area contributed by atoms with Crippen molar-refractivity contribution < 1.29 is 8.42 Å². The number of aryl methyl sites for hydroxylation is 1. The van der Waals surface area contributed by atoms with Gasteiger partial charge in [-0.1, -0.05) is 25.4 Å². The first-order valence-electron chi connectivity index (χ1n) is 7.60. The second-order valence-corrected chi connectivity index (χ2v) is 8.72. The molecule has 0 aromatic carbocycles. The quantitative estimate of drug-likeness (QED) is 0.812. The Kier molecular flexibility index (Phi) is 4.23. The van der Waals surface area contributed by atoms with Crippen LogP contribution in [-0.4, -0.2) is 42.7 Å². The first kappa shape index (κ1) is 17.4. The Bertz CT molecular complexity index is 873. The average molecular weight is 373 g/mol. The number of aromatic nitrogens is 3. The van der Waals surface area contributed by atoms with E-state index in [0.717, 1.165) is 30.0 Å². The summed E-state index contributed by atoms with van der Waals surface area (Å²) in [5.41, 5.74) is 1.72. The van der Waals surface area contributed by atoms with Crippen LogP contribution in [0.15, 0.2) is 12.4 Å². The van der Waals surface area contributed by atoms with Gasteiger partial charge in [0.1, 0.15) is 17.0 Å². The van der Waals surface area contributed by atoms with Crippen LogP contribution >= 0.6 is 11.6 Å². The summed E-state index contributed by atoms with van der Waals surface area (Å²) in [6.07, 6.45) is 1.49. The third-order valence-electron chi connectivity index (χ3n) is 4.70. The van der Waals surface area contributed by atoms with Crippen LogP contribution in [0, 0.1) is 18.3 Å². The zero-order chi connectivity index (χ0) is 17.7. The maximum absolute atomic E-state index is 11.1. The topological polar surface area (TPSA) is 106 Å². The molecule has 2 aromatic heterocycles. The lowest BCUT2D eigenvalue weighted by molar-refractivity contribution is 0.174. The summed E-state index contributed by atoms with van der Waals surface area (Å²) in [6, 6.07) is 1.87. The molecule has 24 heavy (non-hydrogen) atoms. The van der Waals surface area contributed by atoms with Gasteiger partial charge in [0.25, 0.3) is 10.2 Å². The molecule has 3 N–H and O–H groups in total. The Hall–Kier alpha value is -1.42. The van der Waals surface area contributed by atoms with Crippen molar-refractivity contribution in [1.82, 2.24) is 19.3 Å². The minimum atomic E-state index is -3.67. The molecule has 0 amide bonds. The summed E-state index contributed by atoms with van der Waals surface area (Å²) in [6.45, 7) is 7.91. The second kappa shape index (κ2) is 5.83. The summed E-state index contributed by atoms with van der Waals surface area (Å²) >= 11 is 6.18. The third kappa shape index (κ3) is 3.21. The highest BCUT2D eigenvalue weighted by Gasteiger charge is 2.40. The van der Waals surface area contributed by atoms with E-state index in [9.17, 15) is 8.42 Å². The van der Waals surface area contributed by atoms with Gasteiger partial charge < -0.3 is 4.90 Å². The van der Waals surface area contributed by atoms with E-state index in [-0.39, 0.29) is 5.41 Å². The third-order valence-corrected chi connectivity index (χ3v) is 5.51. The van der Waals surface area contributed by atoms with Gasteiger partial charge in [0, 0.05) is 25.6 Å². The molecule has 2 aromatic rings. The molecule has 3 rings (SSSR count). The van der Waals surface area contributed by atoms with Gasteiger partial charge >= 0.3 is 0 Å².